The first kappa shape index (κ1) is 14.5. The van der Waals surface area contributed by atoms with E-state index in [0.717, 1.165) is 24.4 Å². The Balaban J connectivity index is 2.03. The van der Waals surface area contributed by atoms with Gasteiger partial charge in [0.25, 0.3) is 0 Å². The second-order valence-corrected chi connectivity index (χ2v) is 7.30. The van der Waals surface area contributed by atoms with Gasteiger partial charge in [-0.1, -0.05) is 6.07 Å². The van der Waals surface area contributed by atoms with E-state index in [1.54, 1.807) is 17.4 Å². The molecule has 2 rings (SSSR count). The molecule has 0 aliphatic rings. The van der Waals surface area contributed by atoms with Crippen LogP contribution in [0.3, 0.4) is 0 Å². The molecule has 0 spiro atoms. The maximum Gasteiger partial charge on any atom is 0.248 e. The zero-order valence-corrected chi connectivity index (χ0v) is 14.1. The minimum atomic E-state index is -0.144. The van der Waals surface area contributed by atoms with E-state index in [4.69, 9.17) is 0 Å². The summed E-state index contributed by atoms with van der Waals surface area (Å²) in [6.45, 7) is 2.00. The predicted octanol–water partition coefficient (Wildman–Crippen LogP) is 5.23. The molecule has 98 valence electrons. The third-order valence-electron chi connectivity index (χ3n) is 2.38. The molecular weight excluding hydrogens is 390 g/mol. The zero-order valence-electron chi connectivity index (χ0n) is 10.1. The van der Waals surface area contributed by atoms with E-state index in [1.807, 2.05) is 37.3 Å². The van der Waals surface area contributed by atoms with Crippen molar-refractivity contribution in [2.45, 2.75) is 6.92 Å². The Kier molecular flexibility index (Phi) is 4.96. The van der Waals surface area contributed by atoms with Crippen LogP contribution in [-0.4, -0.2) is 5.91 Å². The lowest BCUT2D eigenvalue weighted by Crippen LogP contribution is -2.08. The highest BCUT2D eigenvalue weighted by Crippen LogP contribution is 2.24. The van der Waals surface area contributed by atoms with Crippen molar-refractivity contribution >= 4 is 60.9 Å². The number of hydrogen-bond donors (Lipinski definition) is 1. The molecule has 1 amide bonds. The molecule has 0 aliphatic carbocycles. The zero-order chi connectivity index (χ0) is 13.8. The smallest absolute Gasteiger partial charge is 0.248 e. The van der Waals surface area contributed by atoms with Gasteiger partial charge >= 0.3 is 0 Å². The van der Waals surface area contributed by atoms with Gasteiger partial charge in [0.05, 0.1) is 9.47 Å². The number of rotatable bonds is 3. The number of anilines is 1. The lowest BCUT2D eigenvalue weighted by Gasteiger charge is -2.05. The van der Waals surface area contributed by atoms with Crippen molar-refractivity contribution in [1.29, 1.82) is 0 Å². The normalized spacial score (nSPS) is 10.9. The minimum Gasteiger partial charge on any atom is -0.321 e. The monoisotopic (exact) mass is 399 g/mol. The first-order valence-electron chi connectivity index (χ1n) is 5.55. The van der Waals surface area contributed by atoms with Gasteiger partial charge < -0.3 is 5.32 Å². The van der Waals surface area contributed by atoms with Gasteiger partial charge in [0, 0.05) is 15.4 Å². The van der Waals surface area contributed by atoms with Crippen molar-refractivity contribution in [3.8, 4) is 0 Å². The average Bonchev–Trinajstić information content (AvgIpc) is 2.76. The predicted molar refractivity (Wildman–Crippen MR) is 88.6 cm³/mol. The molecule has 1 N–H and O–H groups in total. The van der Waals surface area contributed by atoms with Gasteiger partial charge in [0.2, 0.25) is 5.91 Å². The van der Waals surface area contributed by atoms with E-state index in [1.165, 1.54) is 6.08 Å². The Morgan fingerprint density at radius 1 is 1.26 bits per heavy atom. The van der Waals surface area contributed by atoms with Gasteiger partial charge in [-0.15, -0.1) is 11.3 Å². The van der Waals surface area contributed by atoms with Gasteiger partial charge in [0.1, 0.15) is 0 Å². The summed E-state index contributed by atoms with van der Waals surface area (Å²) in [5.41, 5.74) is 1.91. The largest absolute Gasteiger partial charge is 0.321 e. The van der Waals surface area contributed by atoms with E-state index in [9.17, 15) is 4.79 Å². The van der Waals surface area contributed by atoms with Crippen LogP contribution < -0.4 is 5.32 Å². The molecule has 0 bridgehead atoms. The molecule has 0 saturated carbocycles. The van der Waals surface area contributed by atoms with Crippen LogP contribution in [0.1, 0.15) is 10.4 Å². The SMILES string of the molecule is Cc1ccc(NC(=O)/C=C/c2ccc(Br)s2)c(Br)c1. The van der Waals surface area contributed by atoms with E-state index in [0.29, 0.717) is 0 Å². The Hall–Kier alpha value is -0.910. The van der Waals surface area contributed by atoms with Gasteiger partial charge in [-0.05, 0) is 74.7 Å². The van der Waals surface area contributed by atoms with Crippen molar-refractivity contribution < 1.29 is 4.79 Å². The van der Waals surface area contributed by atoms with Crippen LogP contribution in [-0.2, 0) is 4.79 Å². The summed E-state index contributed by atoms with van der Waals surface area (Å²) < 4.78 is 1.93. The lowest BCUT2D eigenvalue weighted by molar-refractivity contribution is -0.111. The molecule has 2 nitrogen and oxygen atoms in total. The number of aryl methyl sites for hydroxylation is 1. The van der Waals surface area contributed by atoms with E-state index < -0.39 is 0 Å². The quantitative estimate of drug-likeness (QED) is 0.701. The minimum absolute atomic E-state index is 0.144. The molecule has 2 aromatic rings. The average molecular weight is 401 g/mol. The molecule has 0 radical (unpaired) electrons. The third-order valence-corrected chi connectivity index (χ3v) is 4.62. The molecule has 0 atom stereocenters. The number of carbonyl (C=O) groups is 1. The fourth-order valence-corrected chi connectivity index (χ4v) is 3.39. The van der Waals surface area contributed by atoms with Crippen molar-refractivity contribution in [3.63, 3.8) is 0 Å². The molecule has 1 aromatic heterocycles. The molecule has 0 aliphatic heterocycles. The maximum atomic E-state index is 11.8. The number of carbonyl (C=O) groups excluding carboxylic acids is 1. The van der Waals surface area contributed by atoms with Crippen LogP contribution in [0.5, 0.6) is 0 Å². The third kappa shape index (κ3) is 4.30. The first-order chi connectivity index (χ1) is 9.04. The van der Waals surface area contributed by atoms with Crippen LogP contribution in [0.2, 0.25) is 0 Å². The van der Waals surface area contributed by atoms with E-state index in [2.05, 4.69) is 37.2 Å². The second kappa shape index (κ2) is 6.50. The summed E-state index contributed by atoms with van der Waals surface area (Å²) >= 11 is 8.40. The van der Waals surface area contributed by atoms with Crippen molar-refractivity contribution in [3.05, 3.63) is 55.1 Å². The van der Waals surface area contributed by atoms with Crippen LogP contribution in [0.25, 0.3) is 6.08 Å². The Morgan fingerprint density at radius 3 is 2.68 bits per heavy atom. The Bertz CT molecular complexity index is 634. The number of nitrogens with one attached hydrogen (secondary N) is 1. The van der Waals surface area contributed by atoms with Crippen molar-refractivity contribution in [1.82, 2.24) is 0 Å². The highest BCUT2D eigenvalue weighted by Gasteiger charge is 2.03. The molecule has 19 heavy (non-hydrogen) atoms. The van der Waals surface area contributed by atoms with Gasteiger partial charge in [-0.2, -0.15) is 0 Å². The topological polar surface area (TPSA) is 29.1 Å². The number of thiophene rings is 1. The summed E-state index contributed by atoms with van der Waals surface area (Å²) in [6.07, 6.45) is 3.33. The van der Waals surface area contributed by atoms with Gasteiger partial charge in [-0.3, -0.25) is 4.79 Å². The van der Waals surface area contributed by atoms with Crippen LogP contribution in [0.4, 0.5) is 5.69 Å². The van der Waals surface area contributed by atoms with Crippen LogP contribution in [0, 0.1) is 6.92 Å². The summed E-state index contributed by atoms with van der Waals surface area (Å²) in [5.74, 6) is -0.144. The molecule has 0 saturated heterocycles. The fourth-order valence-electron chi connectivity index (χ4n) is 1.47. The summed E-state index contributed by atoms with van der Waals surface area (Å²) in [7, 11) is 0. The molecule has 0 unspecified atom stereocenters. The Labute approximate surface area is 132 Å². The maximum absolute atomic E-state index is 11.8. The lowest BCUT2D eigenvalue weighted by atomic mass is 10.2. The Morgan fingerprint density at radius 2 is 2.05 bits per heavy atom. The molecule has 1 heterocycles. The van der Waals surface area contributed by atoms with Gasteiger partial charge in [-0.25, -0.2) is 0 Å². The van der Waals surface area contributed by atoms with Crippen molar-refractivity contribution in [2.24, 2.45) is 0 Å². The highest BCUT2D eigenvalue weighted by molar-refractivity contribution is 9.11. The van der Waals surface area contributed by atoms with Crippen LogP contribution >= 0.6 is 43.2 Å². The number of benzene rings is 1. The standard InChI is InChI=1S/C14H11Br2NOS/c1-9-2-5-12(11(15)8-9)17-14(18)7-4-10-3-6-13(16)19-10/h2-8H,1H3,(H,17,18)/b7-4+. The molecule has 0 fully saturated rings. The summed E-state index contributed by atoms with van der Waals surface area (Å²) in [5, 5.41) is 2.83. The van der Waals surface area contributed by atoms with Crippen molar-refractivity contribution in [2.75, 3.05) is 5.32 Å². The molecular formula is C14H11Br2NOS. The highest BCUT2D eigenvalue weighted by atomic mass is 79.9. The van der Waals surface area contributed by atoms with Gasteiger partial charge in [0.15, 0.2) is 0 Å². The van der Waals surface area contributed by atoms with E-state index in [-0.39, 0.29) is 5.91 Å². The van der Waals surface area contributed by atoms with Crippen LogP contribution in [0.15, 0.2) is 44.7 Å². The molecule has 1 aromatic carbocycles. The first-order valence-corrected chi connectivity index (χ1v) is 7.95. The number of halogens is 2. The number of amides is 1. The molecule has 5 heteroatoms. The summed E-state index contributed by atoms with van der Waals surface area (Å²) in [6, 6.07) is 9.72. The van der Waals surface area contributed by atoms with E-state index >= 15 is 0 Å². The fraction of sp³-hybridized carbons (Fsp3) is 0.0714. The summed E-state index contributed by atoms with van der Waals surface area (Å²) in [4.78, 5) is 12.8. The second-order valence-electron chi connectivity index (χ2n) is 3.95. The number of hydrogen-bond acceptors (Lipinski definition) is 2.